The number of para-hydroxylation sites is 1. The Balaban J connectivity index is 1.21. The minimum atomic E-state index is -3.85. The number of methoxy groups -OCH3 is 1. The number of ether oxygens (including phenoxy) is 1. The van der Waals surface area contributed by atoms with E-state index in [4.69, 9.17) is 19.8 Å². The first-order valence-corrected chi connectivity index (χ1v) is 14.0. The molecule has 9 heteroatoms. The van der Waals surface area contributed by atoms with Crippen molar-refractivity contribution < 1.29 is 13.2 Å². The first-order chi connectivity index (χ1) is 17.9. The molecule has 2 fully saturated rings. The second-order valence-corrected chi connectivity index (χ2v) is 11.3. The number of likely N-dealkylation sites (tertiary alicyclic amines) is 1. The Morgan fingerprint density at radius 3 is 2.49 bits per heavy atom. The second kappa shape index (κ2) is 9.41. The van der Waals surface area contributed by atoms with Gasteiger partial charge in [-0.1, -0.05) is 48.5 Å². The van der Waals surface area contributed by atoms with E-state index in [2.05, 4.69) is 21.9 Å². The molecule has 1 aromatic heterocycles. The Morgan fingerprint density at radius 2 is 1.76 bits per heavy atom. The number of aromatic nitrogens is 2. The van der Waals surface area contributed by atoms with Gasteiger partial charge in [-0.3, -0.25) is 4.90 Å². The van der Waals surface area contributed by atoms with E-state index in [1.165, 1.54) is 7.11 Å². The van der Waals surface area contributed by atoms with Gasteiger partial charge >= 0.3 is 0 Å². The minimum Gasteiger partial charge on any atom is -0.495 e. The van der Waals surface area contributed by atoms with E-state index in [-0.39, 0.29) is 10.6 Å². The van der Waals surface area contributed by atoms with Gasteiger partial charge in [0.1, 0.15) is 16.5 Å². The normalized spacial score (nSPS) is 19.6. The zero-order valence-electron chi connectivity index (χ0n) is 20.6. The van der Waals surface area contributed by atoms with Crippen LogP contribution < -0.4 is 14.8 Å². The number of anilines is 1. The molecule has 2 aliphatic heterocycles. The molecule has 6 rings (SSSR count). The van der Waals surface area contributed by atoms with Crippen LogP contribution in [0, 0.1) is 0 Å². The SMILES string of the molecule is COc1ccc(CCN2CC3CC2CN3c2nc(-c3ccccc3)nc3ccccc23)cc1S(N)(=O)=O. The summed E-state index contributed by atoms with van der Waals surface area (Å²) in [5, 5.41) is 6.47. The molecular weight excluding hydrogens is 486 g/mol. The molecule has 3 aromatic carbocycles. The molecule has 0 aliphatic carbocycles. The quantitative estimate of drug-likeness (QED) is 0.402. The summed E-state index contributed by atoms with van der Waals surface area (Å²) in [6.45, 7) is 2.71. The summed E-state index contributed by atoms with van der Waals surface area (Å²) in [6, 6.07) is 24.4. The van der Waals surface area contributed by atoms with Crippen LogP contribution in [0.15, 0.2) is 77.7 Å². The molecule has 2 saturated heterocycles. The fourth-order valence-corrected chi connectivity index (χ4v) is 6.40. The fourth-order valence-electron chi connectivity index (χ4n) is 5.65. The van der Waals surface area contributed by atoms with Gasteiger partial charge in [0.25, 0.3) is 0 Å². The van der Waals surface area contributed by atoms with E-state index in [0.29, 0.717) is 12.1 Å². The van der Waals surface area contributed by atoms with Crippen LogP contribution in [-0.2, 0) is 16.4 Å². The molecule has 0 radical (unpaired) electrons. The Morgan fingerprint density at radius 1 is 0.973 bits per heavy atom. The molecular formula is C28H29N5O3S. The summed E-state index contributed by atoms with van der Waals surface area (Å²) >= 11 is 0. The van der Waals surface area contributed by atoms with Crippen LogP contribution in [-0.4, -0.2) is 62.1 Å². The van der Waals surface area contributed by atoms with Crippen molar-refractivity contribution in [2.24, 2.45) is 5.14 Å². The number of primary sulfonamides is 1. The lowest BCUT2D eigenvalue weighted by Crippen LogP contribution is -2.47. The third kappa shape index (κ3) is 4.54. The fraction of sp³-hybridized carbons (Fsp3) is 0.286. The van der Waals surface area contributed by atoms with Crippen molar-refractivity contribution >= 4 is 26.7 Å². The summed E-state index contributed by atoms with van der Waals surface area (Å²) in [5.74, 6) is 2.03. The summed E-state index contributed by atoms with van der Waals surface area (Å²) in [7, 11) is -2.41. The molecule has 2 bridgehead atoms. The number of nitrogens with two attached hydrogens (primary N) is 1. The van der Waals surface area contributed by atoms with Crippen LogP contribution in [0.3, 0.4) is 0 Å². The molecule has 37 heavy (non-hydrogen) atoms. The van der Waals surface area contributed by atoms with Gasteiger partial charge < -0.3 is 9.64 Å². The predicted octanol–water partition coefficient (Wildman–Crippen LogP) is 3.46. The van der Waals surface area contributed by atoms with Gasteiger partial charge in [-0.25, -0.2) is 23.5 Å². The number of rotatable bonds is 7. The van der Waals surface area contributed by atoms with Crippen molar-refractivity contribution in [3.63, 3.8) is 0 Å². The van der Waals surface area contributed by atoms with E-state index >= 15 is 0 Å². The monoisotopic (exact) mass is 515 g/mol. The van der Waals surface area contributed by atoms with Crippen molar-refractivity contribution in [3.05, 3.63) is 78.4 Å². The number of nitrogens with zero attached hydrogens (tertiary/aromatic N) is 4. The predicted molar refractivity (Wildman–Crippen MR) is 144 cm³/mol. The van der Waals surface area contributed by atoms with Gasteiger partial charge in [0.15, 0.2) is 5.82 Å². The summed E-state index contributed by atoms with van der Waals surface area (Å²) < 4.78 is 29.1. The number of benzene rings is 3. The molecule has 2 unspecified atom stereocenters. The van der Waals surface area contributed by atoms with E-state index in [9.17, 15) is 8.42 Å². The molecule has 3 heterocycles. The molecule has 2 N–H and O–H groups in total. The third-order valence-corrected chi connectivity index (χ3v) is 8.40. The van der Waals surface area contributed by atoms with Crippen LogP contribution in [0.4, 0.5) is 5.82 Å². The number of hydrogen-bond acceptors (Lipinski definition) is 7. The highest BCUT2D eigenvalue weighted by molar-refractivity contribution is 7.89. The molecule has 2 atom stereocenters. The lowest BCUT2D eigenvalue weighted by molar-refractivity contribution is 0.241. The molecule has 4 aromatic rings. The highest BCUT2D eigenvalue weighted by Crippen LogP contribution is 2.37. The van der Waals surface area contributed by atoms with Gasteiger partial charge in [-0.15, -0.1) is 0 Å². The second-order valence-electron chi connectivity index (χ2n) is 9.72. The lowest BCUT2D eigenvalue weighted by atomic mass is 10.1. The van der Waals surface area contributed by atoms with Crippen molar-refractivity contribution in [2.45, 2.75) is 29.8 Å². The zero-order chi connectivity index (χ0) is 25.6. The van der Waals surface area contributed by atoms with Gasteiger partial charge in [0.05, 0.1) is 12.6 Å². The Labute approximate surface area is 216 Å². The maximum absolute atomic E-state index is 12.0. The molecule has 2 aliphatic rings. The van der Waals surface area contributed by atoms with Gasteiger partial charge in [-0.05, 0) is 42.7 Å². The average Bonchev–Trinajstić information content (AvgIpc) is 3.52. The van der Waals surface area contributed by atoms with Crippen LogP contribution in [0.1, 0.15) is 12.0 Å². The first-order valence-electron chi connectivity index (χ1n) is 12.4. The average molecular weight is 516 g/mol. The summed E-state index contributed by atoms with van der Waals surface area (Å²) in [6.07, 6.45) is 1.83. The lowest BCUT2D eigenvalue weighted by Gasteiger charge is -2.35. The minimum absolute atomic E-state index is 0.0338. The van der Waals surface area contributed by atoms with Gasteiger partial charge in [0, 0.05) is 42.7 Å². The number of sulfonamides is 1. The summed E-state index contributed by atoms with van der Waals surface area (Å²) in [4.78, 5) is 14.9. The molecule has 0 saturated carbocycles. The van der Waals surface area contributed by atoms with Crippen molar-refractivity contribution in [3.8, 4) is 17.1 Å². The van der Waals surface area contributed by atoms with Crippen molar-refractivity contribution in [1.29, 1.82) is 0 Å². The van der Waals surface area contributed by atoms with Gasteiger partial charge in [0.2, 0.25) is 10.0 Å². The van der Waals surface area contributed by atoms with E-state index in [1.54, 1.807) is 12.1 Å². The van der Waals surface area contributed by atoms with Crippen LogP contribution in [0.2, 0.25) is 0 Å². The van der Waals surface area contributed by atoms with E-state index in [1.807, 2.05) is 48.5 Å². The molecule has 0 amide bonds. The molecule has 8 nitrogen and oxygen atoms in total. The topological polar surface area (TPSA) is 102 Å². The Kier molecular flexibility index (Phi) is 6.06. The molecule has 0 spiro atoms. The number of fused-ring (bicyclic) bond motifs is 3. The zero-order valence-corrected chi connectivity index (χ0v) is 21.4. The molecule has 190 valence electrons. The van der Waals surface area contributed by atoms with Crippen molar-refractivity contribution in [1.82, 2.24) is 14.9 Å². The summed E-state index contributed by atoms with van der Waals surface area (Å²) in [5.41, 5.74) is 2.90. The Bertz CT molecular complexity index is 1560. The highest BCUT2D eigenvalue weighted by Gasteiger charge is 2.44. The highest BCUT2D eigenvalue weighted by atomic mass is 32.2. The van der Waals surface area contributed by atoms with Crippen LogP contribution >= 0.6 is 0 Å². The van der Waals surface area contributed by atoms with Crippen LogP contribution in [0.25, 0.3) is 22.3 Å². The standard InChI is InChI=1S/C28H29N5O3S/c1-36-25-12-11-19(15-26(25)37(29,34)35)13-14-32-17-22-16-21(32)18-33(22)28-23-9-5-6-10-24(23)30-27(31-28)20-7-3-2-4-8-20/h2-12,15,21-22H,13-14,16-18H2,1H3,(H2,29,34,35). The first kappa shape index (κ1) is 23.8. The third-order valence-electron chi connectivity index (χ3n) is 7.46. The number of piperazine rings is 1. The largest absolute Gasteiger partial charge is 0.495 e. The van der Waals surface area contributed by atoms with Crippen molar-refractivity contribution in [2.75, 3.05) is 31.6 Å². The number of hydrogen-bond donors (Lipinski definition) is 1. The maximum atomic E-state index is 12.0. The van der Waals surface area contributed by atoms with E-state index < -0.39 is 10.0 Å². The smallest absolute Gasteiger partial charge is 0.241 e. The Hall–Kier alpha value is -3.53. The van der Waals surface area contributed by atoms with E-state index in [0.717, 1.165) is 66.1 Å². The maximum Gasteiger partial charge on any atom is 0.241 e. The van der Waals surface area contributed by atoms with Crippen LogP contribution in [0.5, 0.6) is 5.75 Å². The van der Waals surface area contributed by atoms with Gasteiger partial charge in [-0.2, -0.15) is 0 Å².